The highest BCUT2D eigenvalue weighted by Crippen LogP contribution is 2.30. The zero-order chi connectivity index (χ0) is 13.8. The van der Waals surface area contributed by atoms with Crippen molar-refractivity contribution in [1.29, 1.82) is 0 Å². The number of halogens is 2. The van der Waals surface area contributed by atoms with Gasteiger partial charge in [-0.2, -0.15) is 4.98 Å². The Morgan fingerprint density at radius 2 is 2.16 bits per heavy atom. The molecule has 0 aliphatic rings. The van der Waals surface area contributed by atoms with Crippen LogP contribution in [-0.4, -0.2) is 23.6 Å². The first-order valence-corrected chi connectivity index (χ1v) is 7.31. The fourth-order valence-electron chi connectivity index (χ4n) is 1.53. The molecule has 19 heavy (non-hydrogen) atoms. The Bertz CT molecular complexity index is 574. The van der Waals surface area contributed by atoms with Gasteiger partial charge in [0.15, 0.2) is 0 Å². The predicted octanol–water partition coefficient (Wildman–Crippen LogP) is 3.82. The molecule has 2 rings (SSSR count). The third-order valence-electron chi connectivity index (χ3n) is 2.55. The van der Waals surface area contributed by atoms with Crippen LogP contribution in [0.3, 0.4) is 0 Å². The maximum atomic E-state index is 6.04. The molecular weight excluding hydrogens is 305 g/mol. The van der Waals surface area contributed by atoms with Crippen LogP contribution in [-0.2, 0) is 6.42 Å². The van der Waals surface area contributed by atoms with Gasteiger partial charge >= 0.3 is 0 Å². The van der Waals surface area contributed by atoms with Crippen molar-refractivity contribution in [2.24, 2.45) is 0 Å². The highest BCUT2D eigenvalue weighted by Gasteiger charge is 2.10. The molecule has 7 heteroatoms. The van der Waals surface area contributed by atoms with Crippen LogP contribution < -0.4 is 10.1 Å². The molecule has 2 heterocycles. The largest absolute Gasteiger partial charge is 0.476 e. The van der Waals surface area contributed by atoms with Crippen LogP contribution in [0.4, 0.5) is 5.82 Å². The van der Waals surface area contributed by atoms with Gasteiger partial charge in [0.05, 0.1) is 22.8 Å². The molecule has 4 nitrogen and oxygen atoms in total. The van der Waals surface area contributed by atoms with E-state index in [1.54, 1.807) is 24.5 Å². The molecule has 2 aromatic heterocycles. The number of anilines is 1. The molecule has 2 aromatic rings. The van der Waals surface area contributed by atoms with Gasteiger partial charge in [0.1, 0.15) is 10.8 Å². The normalized spacial score (nSPS) is 10.5. The van der Waals surface area contributed by atoms with Crippen molar-refractivity contribution >= 4 is 40.4 Å². The summed E-state index contributed by atoms with van der Waals surface area (Å²) in [5.74, 6) is 0.938. The quantitative estimate of drug-likeness (QED) is 0.910. The summed E-state index contributed by atoms with van der Waals surface area (Å²) in [5, 5.41) is 3.76. The number of nitrogens with zero attached hydrogens (tertiary/aromatic N) is 2. The lowest BCUT2D eigenvalue weighted by molar-refractivity contribution is 0.311. The van der Waals surface area contributed by atoms with Gasteiger partial charge in [0.2, 0.25) is 5.88 Å². The number of hydrogen-bond acceptors (Lipinski definition) is 5. The first-order chi connectivity index (χ1) is 9.11. The Labute approximate surface area is 125 Å². The fraction of sp³-hybridized carbons (Fsp3) is 0.333. The summed E-state index contributed by atoms with van der Waals surface area (Å²) in [6, 6.07) is 1.62. The summed E-state index contributed by atoms with van der Waals surface area (Å²) in [7, 11) is 1.74. The summed E-state index contributed by atoms with van der Waals surface area (Å²) in [6.45, 7) is 2.49. The average Bonchev–Trinajstić information content (AvgIpc) is 2.78. The highest BCUT2D eigenvalue weighted by atomic mass is 35.5. The van der Waals surface area contributed by atoms with Crippen molar-refractivity contribution in [3.05, 3.63) is 32.2 Å². The number of pyridine rings is 1. The molecule has 0 spiro atoms. The molecule has 0 aromatic carbocycles. The zero-order valence-electron chi connectivity index (χ0n) is 10.5. The molecule has 0 aliphatic heterocycles. The van der Waals surface area contributed by atoms with E-state index >= 15 is 0 Å². The minimum Gasteiger partial charge on any atom is -0.476 e. The highest BCUT2D eigenvalue weighted by molar-refractivity contribution is 7.09. The Morgan fingerprint density at radius 3 is 2.79 bits per heavy atom. The van der Waals surface area contributed by atoms with Gasteiger partial charge in [-0.25, -0.2) is 4.98 Å². The number of nitrogens with one attached hydrogen (secondary N) is 1. The van der Waals surface area contributed by atoms with E-state index in [4.69, 9.17) is 27.9 Å². The van der Waals surface area contributed by atoms with Crippen molar-refractivity contribution in [3.8, 4) is 5.88 Å². The van der Waals surface area contributed by atoms with Crippen LogP contribution in [0, 0.1) is 6.92 Å². The average molecular weight is 318 g/mol. The lowest BCUT2D eigenvalue weighted by Crippen LogP contribution is -2.04. The standard InChI is InChI=1S/C12H13Cl2N3OS/c1-7-10(19-6-16-7)3-4-18-12-9(14)5-8(13)11(15-2)17-12/h5-6H,3-4H2,1-2H3,(H,15,17). The molecule has 0 unspecified atom stereocenters. The molecule has 0 atom stereocenters. The Kier molecular flexibility index (Phi) is 4.85. The Morgan fingerprint density at radius 1 is 1.37 bits per heavy atom. The monoisotopic (exact) mass is 317 g/mol. The first kappa shape index (κ1) is 14.4. The van der Waals surface area contributed by atoms with Gasteiger partial charge in [-0.15, -0.1) is 11.3 Å². The maximum absolute atomic E-state index is 6.04. The lowest BCUT2D eigenvalue weighted by atomic mass is 10.3. The molecule has 102 valence electrons. The SMILES string of the molecule is CNc1nc(OCCc2scnc2C)c(Cl)cc1Cl. The van der Waals surface area contributed by atoms with E-state index in [1.807, 2.05) is 12.4 Å². The summed E-state index contributed by atoms with van der Waals surface area (Å²) in [5.41, 5.74) is 2.87. The molecule has 0 amide bonds. The van der Waals surface area contributed by atoms with E-state index in [0.717, 1.165) is 12.1 Å². The van der Waals surface area contributed by atoms with E-state index in [2.05, 4.69) is 15.3 Å². The number of rotatable bonds is 5. The maximum Gasteiger partial charge on any atom is 0.234 e. The minimum absolute atomic E-state index is 0.387. The van der Waals surface area contributed by atoms with Crippen LogP contribution in [0.25, 0.3) is 0 Å². The number of ether oxygens (including phenoxy) is 1. The van der Waals surface area contributed by atoms with Crippen molar-refractivity contribution in [1.82, 2.24) is 9.97 Å². The lowest BCUT2D eigenvalue weighted by Gasteiger charge is -2.09. The Balaban J connectivity index is 2.01. The molecule has 0 saturated heterocycles. The number of hydrogen-bond donors (Lipinski definition) is 1. The smallest absolute Gasteiger partial charge is 0.234 e. The fourth-order valence-corrected chi connectivity index (χ4v) is 2.80. The summed E-state index contributed by atoms with van der Waals surface area (Å²) >= 11 is 13.6. The van der Waals surface area contributed by atoms with Gasteiger partial charge in [0.25, 0.3) is 0 Å². The van der Waals surface area contributed by atoms with E-state index < -0.39 is 0 Å². The predicted molar refractivity (Wildman–Crippen MR) is 79.9 cm³/mol. The molecule has 1 N–H and O–H groups in total. The molecular formula is C12H13Cl2N3OS. The Hall–Kier alpha value is -1.04. The van der Waals surface area contributed by atoms with Crippen molar-refractivity contribution in [3.63, 3.8) is 0 Å². The van der Waals surface area contributed by atoms with Crippen molar-refractivity contribution in [2.75, 3.05) is 19.0 Å². The second-order valence-electron chi connectivity index (χ2n) is 3.82. The van der Waals surface area contributed by atoms with E-state index in [-0.39, 0.29) is 0 Å². The van der Waals surface area contributed by atoms with Gasteiger partial charge in [0, 0.05) is 18.3 Å². The topological polar surface area (TPSA) is 47.0 Å². The van der Waals surface area contributed by atoms with Gasteiger partial charge in [-0.1, -0.05) is 23.2 Å². The van der Waals surface area contributed by atoms with Crippen LogP contribution in [0.1, 0.15) is 10.6 Å². The van der Waals surface area contributed by atoms with Crippen LogP contribution in [0.15, 0.2) is 11.6 Å². The number of thiazole rings is 1. The first-order valence-electron chi connectivity index (χ1n) is 5.67. The van der Waals surface area contributed by atoms with E-state index in [0.29, 0.717) is 28.3 Å². The molecule has 0 bridgehead atoms. The molecule has 0 saturated carbocycles. The van der Waals surface area contributed by atoms with Crippen LogP contribution in [0.2, 0.25) is 10.0 Å². The van der Waals surface area contributed by atoms with Gasteiger partial charge < -0.3 is 10.1 Å². The van der Waals surface area contributed by atoms with Crippen LogP contribution in [0.5, 0.6) is 5.88 Å². The summed E-state index contributed by atoms with van der Waals surface area (Å²) < 4.78 is 5.60. The van der Waals surface area contributed by atoms with E-state index in [1.165, 1.54) is 4.88 Å². The van der Waals surface area contributed by atoms with Crippen molar-refractivity contribution in [2.45, 2.75) is 13.3 Å². The second-order valence-corrected chi connectivity index (χ2v) is 5.57. The van der Waals surface area contributed by atoms with Crippen molar-refractivity contribution < 1.29 is 4.74 Å². The van der Waals surface area contributed by atoms with Gasteiger partial charge in [-0.3, -0.25) is 0 Å². The zero-order valence-corrected chi connectivity index (χ0v) is 12.9. The number of aryl methyl sites for hydroxylation is 1. The summed E-state index contributed by atoms with van der Waals surface area (Å²) in [4.78, 5) is 9.62. The van der Waals surface area contributed by atoms with E-state index in [9.17, 15) is 0 Å². The van der Waals surface area contributed by atoms with Crippen LogP contribution >= 0.6 is 34.5 Å². The third kappa shape index (κ3) is 3.49. The second kappa shape index (κ2) is 6.41. The third-order valence-corrected chi connectivity index (χ3v) is 4.10. The molecule has 0 aliphatic carbocycles. The number of aromatic nitrogens is 2. The molecule has 0 fully saturated rings. The molecule has 0 radical (unpaired) electrons. The van der Waals surface area contributed by atoms with Gasteiger partial charge in [-0.05, 0) is 13.0 Å². The minimum atomic E-state index is 0.387. The summed E-state index contributed by atoms with van der Waals surface area (Å²) in [6.07, 6.45) is 0.784.